The normalized spacial score (nSPS) is 10.2. The number of nitrogens with zero attached hydrogens (tertiary/aromatic N) is 1. The van der Waals surface area contributed by atoms with Gasteiger partial charge in [-0.05, 0) is 34.5 Å². The van der Waals surface area contributed by atoms with Gasteiger partial charge in [-0.3, -0.25) is 4.79 Å². The van der Waals surface area contributed by atoms with Crippen LogP contribution in [0, 0.1) is 6.92 Å². The molecule has 0 unspecified atom stereocenters. The van der Waals surface area contributed by atoms with Crippen LogP contribution in [0.2, 0.25) is 0 Å². The van der Waals surface area contributed by atoms with Gasteiger partial charge in [0.25, 0.3) is 5.91 Å². The number of aromatic nitrogens is 1. The number of anilines is 1. The molecule has 6 heteroatoms. The van der Waals surface area contributed by atoms with Crippen molar-refractivity contribution in [2.45, 2.75) is 6.92 Å². The number of aryl methyl sites for hydroxylation is 1. The Morgan fingerprint density at radius 2 is 2.44 bits per heavy atom. The van der Waals surface area contributed by atoms with Crippen LogP contribution in [0.15, 0.2) is 16.7 Å². The molecule has 0 radical (unpaired) electrons. The molecule has 0 fully saturated rings. The summed E-state index contributed by atoms with van der Waals surface area (Å²) in [4.78, 5) is 15.4. The van der Waals surface area contributed by atoms with Crippen molar-refractivity contribution in [2.24, 2.45) is 5.73 Å². The topological polar surface area (TPSA) is 77.2 Å². The Bertz CT molecular complexity index is 371. The van der Waals surface area contributed by atoms with Crippen LogP contribution >= 0.6 is 15.9 Å². The monoisotopic (exact) mass is 287 g/mol. The molecule has 0 spiro atoms. The van der Waals surface area contributed by atoms with Gasteiger partial charge in [0, 0.05) is 17.2 Å². The van der Waals surface area contributed by atoms with Gasteiger partial charge in [-0.15, -0.1) is 0 Å². The number of carbonyl (C=O) groups is 1. The summed E-state index contributed by atoms with van der Waals surface area (Å²) in [6.45, 7) is 2.70. The number of pyridine rings is 1. The highest BCUT2D eigenvalue weighted by Gasteiger charge is 2.04. The number of nitrogens with two attached hydrogens (primary N) is 1. The third-order valence-electron chi connectivity index (χ3n) is 1.81. The average Bonchev–Trinajstić information content (AvgIpc) is 2.24. The van der Waals surface area contributed by atoms with Crippen molar-refractivity contribution >= 4 is 27.7 Å². The summed E-state index contributed by atoms with van der Waals surface area (Å²) < 4.78 is 5.90. The van der Waals surface area contributed by atoms with Gasteiger partial charge in [0.15, 0.2) is 0 Å². The molecule has 0 atom stereocenters. The maximum atomic E-state index is 11.4. The number of halogens is 1. The predicted molar refractivity (Wildman–Crippen MR) is 65.2 cm³/mol. The summed E-state index contributed by atoms with van der Waals surface area (Å²) in [6.07, 6.45) is 1.64. The number of hydrogen-bond acceptors (Lipinski definition) is 4. The molecular weight excluding hydrogens is 274 g/mol. The second-order valence-corrected chi connectivity index (χ2v) is 4.06. The van der Waals surface area contributed by atoms with Crippen LogP contribution in [0.1, 0.15) is 5.56 Å². The Morgan fingerprint density at radius 1 is 1.69 bits per heavy atom. The molecule has 0 aromatic carbocycles. The lowest BCUT2D eigenvalue weighted by molar-refractivity contribution is -0.120. The molecule has 1 aromatic rings. The van der Waals surface area contributed by atoms with Crippen LogP contribution in [0.3, 0.4) is 0 Å². The number of ether oxygens (including phenoxy) is 1. The van der Waals surface area contributed by atoms with Crippen molar-refractivity contribution in [3.63, 3.8) is 0 Å². The first kappa shape index (κ1) is 13.1. The molecule has 1 amide bonds. The highest BCUT2D eigenvalue weighted by molar-refractivity contribution is 9.10. The van der Waals surface area contributed by atoms with Crippen molar-refractivity contribution in [2.75, 3.05) is 25.1 Å². The summed E-state index contributed by atoms with van der Waals surface area (Å²) in [5.74, 6) is 0.282. The predicted octanol–water partition coefficient (Wildman–Crippen LogP) is 1.07. The molecule has 5 nitrogen and oxygen atoms in total. The highest BCUT2D eigenvalue weighted by Crippen LogP contribution is 2.16. The van der Waals surface area contributed by atoms with Gasteiger partial charge in [0.05, 0.1) is 6.61 Å². The first-order valence-corrected chi connectivity index (χ1v) is 5.62. The molecule has 88 valence electrons. The van der Waals surface area contributed by atoms with E-state index in [4.69, 9.17) is 10.5 Å². The molecule has 3 N–H and O–H groups in total. The van der Waals surface area contributed by atoms with Crippen LogP contribution in [0.5, 0.6) is 0 Å². The van der Waals surface area contributed by atoms with E-state index in [1.807, 2.05) is 6.92 Å². The number of amides is 1. The SMILES string of the molecule is Cc1cc(NC(=O)COCCN)ncc1Br. The van der Waals surface area contributed by atoms with Crippen molar-refractivity contribution in [3.05, 3.63) is 22.3 Å². The summed E-state index contributed by atoms with van der Waals surface area (Å²) in [7, 11) is 0. The highest BCUT2D eigenvalue weighted by atomic mass is 79.9. The standard InChI is InChI=1S/C10H14BrN3O2/c1-7-4-9(13-5-8(7)11)14-10(15)6-16-3-2-12/h4-5H,2-3,6,12H2,1H3,(H,13,14,15). The van der Waals surface area contributed by atoms with E-state index in [1.54, 1.807) is 12.3 Å². The molecule has 0 aliphatic heterocycles. The third-order valence-corrected chi connectivity index (χ3v) is 2.64. The quantitative estimate of drug-likeness (QED) is 0.794. The molecular formula is C10H14BrN3O2. The molecule has 0 aliphatic carbocycles. The minimum absolute atomic E-state index is 0.00596. The van der Waals surface area contributed by atoms with Gasteiger partial charge in [-0.1, -0.05) is 0 Å². The lowest BCUT2D eigenvalue weighted by Gasteiger charge is -2.06. The van der Waals surface area contributed by atoms with E-state index in [2.05, 4.69) is 26.2 Å². The van der Waals surface area contributed by atoms with Crippen molar-refractivity contribution in [1.82, 2.24) is 4.98 Å². The van der Waals surface area contributed by atoms with Gasteiger partial charge in [-0.25, -0.2) is 4.98 Å². The summed E-state index contributed by atoms with van der Waals surface area (Å²) in [6, 6.07) is 1.78. The van der Waals surface area contributed by atoms with E-state index in [9.17, 15) is 4.79 Å². The van der Waals surface area contributed by atoms with Gasteiger partial charge in [0.1, 0.15) is 12.4 Å². The van der Waals surface area contributed by atoms with E-state index in [-0.39, 0.29) is 12.5 Å². The average molecular weight is 288 g/mol. The van der Waals surface area contributed by atoms with E-state index in [0.717, 1.165) is 10.0 Å². The Balaban J connectivity index is 2.46. The van der Waals surface area contributed by atoms with Crippen molar-refractivity contribution < 1.29 is 9.53 Å². The Morgan fingerprint density at radius 3 is 3.06 bits per heavy atom. The Labute approximate surface area is 103 Å². The fourth-order valence-electron chi connectivity index (χ4n) is 1.03. The van der Waals surface area contributed by atoms with E-state index in [0.29, 0.717) is 19.0 Å². The molecule has 0 aliphatic rings. The maximum absolute atomic E-state index is 11.4. The molecule has 16 heavy (non-hydrogen) atoms. The third kappa shape index (κ3) is 4.26. The maximum Gasteiger partial charge on any atom is 0.251 e. The zero-order valence-corrected chi connectivity index (χ0v) is 10.6. The molecule has 1 rings (SSSR count). The number of hydrogen-bond donors (Lipinski definition) is 2. The second kappa shape index (κ2) is 6.57. The fraction of sp³-hybridized carbons (Fsp3) is 0.400. The van der Waals surface area contributed by atoms with Crippen LogP contribution in [-0.4, -0.2) is 30.6 Å². The molecule has 0 saturated carbocycles. The second-order valence-electron chi connectivity index (χ2n) is 3.21. The largest absolute Gasteiger partial charge is 0.370 e. The Hall–Kier alpha value is -0.980. The van der Waals surface area contributed by atoms with Crippen LogP contribution < -0.4 is 11.1 Å². The lowest BCUT2D eigenvalue weighted by Crippen LogP contribution is -2.21. The Kier molecular flexibility index (Phi) is 5.37. The van der Waals surface area contributed by atoms with E-state index < -0.39 is 0 Å². The van der Waals surface area contributed by atoms with Gasteiger partial charge in [-0.2, -0.15) is 0 Å². The zero-order chi connectivity index (χ0) is 12.0. The van der Waals surface area contributed by atoms with E-state index in [1.165, 1.54) is 0 Å². The fourth-order valence-corrected chi connectivity index (χ4v) is 1.25. The lowest BCUT2D eigenvalue weighted by atomic mass is 10.3. The number of carbonyl (C=O) groups excluding carboxylic acids is 1. The summed E-state index contributed by atoms with van der Waals surface area (Å²) >= 11 is 3.33. The minimum atomic E-state index is -0.234. The zero-order valence-electron chi connectivity index (χ0n) is 9.00. The van der Waals surface area contributed by atoms with Crippen LogP contribution in [0.25, 0.3) is 0 Å². The van der Waals surface area contributed by atoms with Crippen molar-refractivity contribution in [3.8, 4) is 0 Å². The van der Waals surface area contributed by atoms with Crippen molar-refractivity contribution in [1.29, 1.82) is 0 Å². The first-order chi connectivity index (χ1) is 7.63. The minimum Gasteiger partial charge on any atom is -0.370 e. The molecule has 1 aromatic heterocycles. The molecule has 0 bridgehead atoms. The van der Waals surface area contributed by atoms with Gasteiger partial charge < -0.3 is 15.8 Å². The van der Waals surface area contributed by atoms with Gasteiger partial charge in [0.2, 0.25) is 0 Å². The summed E-state index contributed by atoms with van der Waals surface area (Å²) in [5.41, 5.74) is 6.24. The summed E-state index contributed by atoms with van der Waals surface area (Å²) in [5, 5.41) is 2.63. The van der Waals surface area contributed by atoms with E-state index >= 15 is 0 Å². The number of nitrogens with one attached hydrogen (secondary N) is 1. The van der Waals surface area contributed by atoms with Gasteiger partial charge >= 0.3 is 0 Å². The van der Waals surface area contributed by atoms with Crippen LogP contribution in [0.4, 0.5) is 5.82 Å². The molecule has 0 saturated heterocycles. The molecule has 1 heterocycles. The number of rotatable bonds is 5. The first-order valence-electron chi connectivity index (χ1n) is 4.83. The van der Waals surface area contributed by atoms with Crippen LogP contribution in [-0.2, 0) is 9.53 Å². The smallest absolute Gasteiger partial charge is 0.251 e.